The molecule has 4 nitrogen and oxygen atoms in total. The fraction of sp³-hybridized carbons (Fsp3) is 0.833. The number of carbonyl (C=O) groups excluding carboxylic acids is 1. The average Bonchev–Trinajstić information content (AvgIpc) is 1.87. The molecule has 0 saturated heterocycles. The Morgan fingerprint density at radius 1 is 1.60 bits per heavy atom. The Kier molecular flexibility index (Phi) is 3.99. The first-order valence-corrected chi connectivity index (χ1v) is 3.09. The quantitative estimate of drug-likeness (QED) is 0.528. The molecule has 0 fully saturated rings. The summed E-state index contributed by atoms with van der Waals surface area (Å²) in [5.41, 5.74) is 0. The predicted molar refractivity (Wildman–Crippen MR) is 36.4 cm³/mol. The van der Waals surface area contributed by atoms with Gasteiger partial charge in [0.1, 0.15) is 6.10 Å². The summed E-state index contributed by atoms with van der Waals surface area (Å²) in [5, 5.41) is 17.3. The lowest BCUT2D eigenvalue weighted by atomic mass is 10.2. The topological polar surface area (TPSA) is 60.8 Å². The molecule has 10 heavy (non-hydrogen) atoms. The summed E-state index contributed by atoms with van der Waals surface area (Å²) in [7, 11) is 3.12. The molecule has 1 atom stereocenters. The molecule has 0 aliphatic rings. The second-order valence-electron chi connectivity index (χ2n) is 2.26. The molecule has 0 bridgehead atoms. The van der Waals surface area contributed by atoms with Crippen LogP contribution in [0.2, 0.25) is 0 Å². The van der Waals surface area contributed by atoms with Crippen molar-refractivity contribution in [1.29, 1.82) is 0 Å². The van der Waals surface area contributed by atoms with Gasteiger partial charge in [-0.15, -0.1) is 0 Å². The van der Waals surface area contributed by atoms with Crippen molar-refractivity contribution in [1.82, 2.24) is 4.90 Å². The number of nitrogens with zero attached hydrogens (tertiary/aromatic N) is 1. The van der Waals surface area contributed by atoms with Crippen LogP contribution in [0.5, 0.6) is 0 Å². The molecule has 0 unspecified atom stereocenters. The van der Waals surface area contributed by atoms with Crippen molar-refractivity contribution >= 4 is 5.91 Å². The molecular weight excluding hydrogens is 134 g/mol. The lowest BCUT2D eigenvalue weighted by Crippen LogP contribution is -2.33. The fourth-order valence-electron chi connectivity index (χ4n) is 0.544. The van der Waals surface area contributed by atoms with Gasteiger partial charge in [0.25, 0.3) is 5.91 Å². The normalized spacial score (nSPS) is 12.8. The third kappa shape index (κ3) is 2.80. The van der Waals surface area contributed by atoms with Crippen LogP contribution in [-0.4, -0.2) is 47.8 Å². The van der Waals surface area contributed by atoms with Crippen LogP contribution in [-0.2, 0) is 4.79 Å². The summed E-state index contributed by atoms with van der Waals surface area (Å²) in [6.45, 7) is -0.166. The molecule has 0 aliphatic heterocycles. The molecule has 1 amide bonds. The molecule has 0 aliphatic carbocycles. The molecule has 0 aromatic carbocycles. The van der Waals surface area contributed by atoms with Gasteiger partial charge in [0.15, 0.2) is 0 Å². The summed E-state index contributed by atoms with van der Waals surface area (Å²) < 4.78 is 0. The van der Waals surface area contributed by atoms with Crippen molar-refractivity contribution in [3.63, 3.8) is 0 Å². The van der Waals surface area contributed by atoms with Crippen molar-refractivity contribution in [2.45, 2.75) is 12.5 Å². The van der Waals surface area contributed by atoms with Gasteiger partial charge in [0, 0.05) is 27.1 Å². The summed E-state index contributed by atoms with van der Waals surface area (Å²) in [5.74, 6) is -0.367. The monoisotopic (exact) mass is 147 g/mol. The first-order valence-electron chi connectivity index (χ1n) is 3.09. The maximum absolute atomic E-state index is 10.8. The van der Waals surface area contributed by atoms with Crippen molar-refractivity contribution in [2.24, 2.45) is 0 Å². The summed E-state index contributed by atoms with van der Waals surface area (Å²) in [6, 6.07) is 0. The number of amides is 1. The van der Waals surface area contributed by atoms with Gasteiger partial charge in [-0.25, -0.2) is 0 Å². The van der Waals surface area contributed by atoms with E-state index in [0.717, 1.165) is 0 Å². The van der Waals surface area contributed by atoms with E-state index in [1.54, 1.807) is 14.1 Å². The average molecular weight is 147 g/mol. The molecule has 0 radical (unpaired) electrons. The molecule has 60 valence electrons. The van der Waals surface area contributed by atoms with Gasteiger partial charge in [-0.05, 0) is 0 Å². The zero-order valence-electron chi connectivity index (χ0n) is 6.24. The molecule has 0 aromatic heterocycles. The van der Waals surface area contributed by atoms with Gasteiger partial charge < -0.3 is 15.1 Å². The first kappa shape index (κ1) is 9.39. The van der Waals surface area contributed by atoms with E-state index in [0.29, 0.717) is 0 Å². The van der Waals surface area contributed by atoms with Gasteiger partial charge >= 0.3 is 0 Å². The van der Waals surface area contributed by atoms with Gasteiger partial charge in [-0.1, -0.05) is 0 Å². The van der Waals surface area contributed by atoms with E-state index in [9.17, 15) is 4.79 Å². The smallest absolute Gasteiger partial charge is 0.250 e. The highest BCUT2D eigenvalue weighted by atomic mass is 16.3. The predicted octanol–water partition coefficient (Wildman–Crippen LogP) is -1.18. The van der Waals surface area contributed by atoms with E-state index in [1.807, 2.05) is 0 Å². The number of hydrogen-bond acceptors (Lipinski definition) is 3. The highest BCUT2D eigenvalue weighted by Gasteiger charge is 2.15. The molecule has 0 spiro atoms. The maximum atomic E-state index is 10.8. The van der Waals surface area contributed by atoms with Crippen molar-refractivity contribution < 1.29 is 15.0 Å². The zero-order valence-corrected chi connectivity index (χ0v) is 6.24. The van der Waals surface area contributed by atoms with Crippen LogP contribution in [0.1, 0.15) is 6.42 Å². The first-order chi connectivity index (χ1) is 4.59. The highest BCUT2D eigenvalue weighted by molar-refractivity contribution is 5.79. The third-order valence-corrected chi connectivity index (χ3v) is 1.13. The van der Waals surface area contributed by atoms with Crippen LogP contribution in [0, 0.1) is 0 Å². The summed E-state index contributed by atoms with van der Waals surface area (Å²) >= 11 is 0. The van der Waals surface area contributed by atoms with Crippen LogP contribution >= 0.6 is 0 Å². The largest absolute Gasteiger partial charge is 0.396 e. The Morgan fingerprint density at radius 3 is 2.40 bits per heavy atom. The van der Waals surface area contributed by atoms with Crippen molar-refractivity contribution in [3.05, 3.63) is 0 Å². The summed E-state index contributed by atoms with van der Waals surface area (Å²) in [4.78, 5) is 12.1. The van der Waals surface area contributed by atoms with Gasteiger partial charge in [0.2, 0.25) is 0 Å². The zero-order chi connectivity index (χ0) is 8.15. The van der Waals surface area contributed by atoms with Crippen LogP contribution in [0.15, 0.2) is 0 Å². The Balaban J connectivity index is 3.71. The second-order valence-corrected chi connectivity index (χ2v) is 2.26. The molecular formula is C6H13NO3. The van der Waals surface area contributed by atoms with E-state index < -0.39 is 6.10 Å². The lowest BCUT2D eigenvalue weighted by Gasteiger charge is -2.14. The second kappa shape index (κ2) is 4.24. The number of likely N-dealkylation sites (N-methyl/N-ethyl adjacent to an activating group) is 1. The van der Waals surface area contributed by atoms with Gasteiger partial charge in [-0.2, -0.15) is 0 Å². The number of aliphatic hydroxyl groups is 2. The van der Waals surface area contributed by atoms with Crippen LogP contribution in [0.25, 0.3) is 0 Å². The molecule has 0 heterocycles. The number of rotatable bonds is 3. The minimum Gasteiger partial charge on any atom is -0.396 e. The van der Waals surface area contributed by atoms with E-state index in [2.05, 4.69) is 0 Å². The fourth-order valence-corrected chi connectivity index (χ4v) is 0.544. The standard InChI is InChI=1S/C6H13NO3/c1-7(2)6(10)5(9)3-4-8/h5,8-9H,3-4H2,1-2H3/t5-/m0/s1. The highest BCUT2D eigenvalue weighted by Crippen LogP contribution is 1.93. The van der Waals surface area contributed by atoms with E-state index in [4.69, 9.17) is 10.2 Å². The summed E-state index contributed by atoms with van der Waals surface area (Å²) in [6.07, 6.45) is -0.947. The van der Waals surface area contributed by atoms with E-state index in [-0.39, 0.29) is 18.9 Å². The Hall–Kier alpha value is -0.610. The minimum absolute atomic E-state index is 0.108. The third-order valence-electron chi connectivity index (χ3n) is 1.13. The number of aliphatic hydroxyl groups excluding tert-OH is 2. The van der Waals surface area contributed by atoms with E-state index in [1.165, 1.54) is 4.90 Å². The van der Waals surface area contributed by atoms with Gasteiger partial charge in [0.05, 0.1) is 0 Å². The molecule has 4 heteroatoms. The molecule has 0 saturated carbocycles. The van der Waals surface area contributed by atoms with E-state index >= 15 is 0 Å². The Labute approximate surface area is 60.1 Å². The Bertz CT molecular complexity index is 114. The molecule has 0 aromatic rings. The Morgan fingerprint density at radius 2 is 2.10 bits per heavy atom. The van der Waals surface area contributed by atoms with Crippen molar-refractivity contribution in [2.75, 3.05) is 20.7 Å². The molecule has 2 N–H and O–H groups in total. The van der Waals surface area contributed by atoms with Crippen molar-refractivity contribution in [3.8, 4) is 0 Å². The van der Waals surface area contributed by atoms with Gasteiger partial charge in [-0.3, -0.25) is 4.79 Å². The molecule has 0 rings (SSSR count). The number of carbonyl (C=O) groups is 1. The van der Waals surface area contributed by atoms with Crippen LogP contribution in [0.4, 0.5) is 0 Å². The van der Waals surface area contributed by atoms with Crippen LogP contribution in [0.3, 0.4) is 0 Å². The maximum Gasteiger partial charge on any atom is 0.250 e. The lowest BCUT2D eigenvalue weighted by molar-refractivity contribution is -0.138. The minimum atomic E-state index is -1.06. The SMILES string of the molecule is CN(C)C(=O)[C@@H](O)CCO. The number of hydrogen-bond donors (Lipinski definition) is 2. The van der Waals surface area contributed by atoms with Crippen LogP contribution < -0.4 is 0 Å².